The molecule has 34 heavy (non-hydrogen) atoms. The number of aromatic amines is 1. The smallest absolute Gasteiger partial charge is 0.323 e. The van der Waals surface area contributed by atoms with E-state index in [1.807, 2.05) is 6.07 Å². The van der Waals surface area contributed by atoms with Crippen molar-refractivity contribution >= 4 is 16.9 Å². The van der Waals surface area contributed by atoms with Crippen LogP contribution >= 0.6 is 0 Å². The van der Waals surface area contributed by atoms with Crippen molar-refractivity contribution in [2.75, 3.05) is 20.3 Å². The number of rotatable bonds is 6. The molecule has 2 aromatic carbocycles. The number of aromatic nitrogens is 1. The number of hydrogen-bond donors (Lipinski definition) is 3. The minimum absolute atomic E-state index is 0.0555. The number of ether oxygens (including phenoxy) is 1. The fourth-order valence-electron chi connectivity index (χ4n) is 6.01. The Hall–Kier alpha value is -2.67. The molecule has 0 saturated carbocycles. The van der Waals surface area contributed by atoms with Gasteiger partial charge in [0.1, 0.15) is 6.04 Å². The number of nitrogens with zero attached hydrogens (tertiary/aromatic N) is 1. The summed E-state index contributed by atoms with van der Waals surface area (Å²) in [5.74, 6) is 0.297. The van der Waals surface area contributed by atoms with Crippen LogP contribution in [0.4, 0.5) is 0 Å². The highest BCUT2D eigenvalue weighted by Crippen LogP contribution is 2.48. The Kier molecular flexibility index (Phi) is 6.47. The molecule has 0 spiro atoms. The third kappa shape index (κ3) is 4.04. The normalized spacial score (nSPS) is 24.7. The predicted octanol–water partition coefficient (Wildman–Crippen LogP) is 4.22. The van der Waals surface area contributed by atoms with Crippen LogP contribution < -0.4 is 5.32 Å². The summed E-state index contributed by atoms with van der Waals surface area (Å²) in [5.41, 5.74) is 6.08. The Morgan fingerprint density at radius 1 is 1.15 bits per heavy atom. The van der Waals surface area contributed by atoms with E-state index in [4.69, 9.17) is 4.74 Å². The quantitative estimate of drug-likeness (QED) is 0.479. The fourth-order valence-corrected chi connectivity index (χ4v) is 6.01. The Bertz CT molecular complexity index is 1150. The minimum atomic E-state index is -0.338. The summed E-state index contributed by atoms with van der Waals surface area (Å²) in [4.78, 5) is 19.2. The van der Waals surface area contributed by atoms with Gasteiger partial charge in [-0.1, -0.05) is 56.3 Å². The minimum Gasteiger partial charge on any atom is -0.468 e. The SMILES string of the molecule is COC(=O)[C@@H]1Cc2c([nH]c3ccccc23)[C@H]2C[C@@H](NCCO)C[C@@H](c3ccc(C(C)C)cc3)N21. The average molecular weight is 462 g/mol. The Morgan fingerprint density at radius 2 is 1.88 bits per heavy atom. The number of benzene rings is 2. The van der Waals surface area contributed by atoms with Crippen LogP contribution in [0.1, 0.15) is 67.1 Å². The lowest BCUT2D eigenvalue weighted by molar-refractivity contribution is -0.152. The van der Waals surface area contributed by atoms with Gasteiger partial charge in [0.15, 0.2) is 0 Å². The van der Waals surface area contributed by atoms with E-state index in [1.54, 1.807) is 0 Å². The van der Waals surface area contributed by atoms with Crippen LogP contribution in [-0.2, 0) is 16.0 Å². The van der Waals surface area contributed by atoms with Gasteiger partial charge < -0.3 is 20.1 Å². The number of H-pyrrole nitrogens is 1. The first-order valence-electron chi connectivity index (χ1n) is 12.4. The van der Waals surface area contributed by atoms with Crippen molar-refractivity contribution in [3.05, 3.63) is 70.9 Å². The molecule has 180 valence electrons. The zero-order valence-electron chi connectivity index (χ0n) is 20.3. The summed E-state index contributed by atoms with van der Waals surface area (Å²) in [6.07, 6.45) is 2.38. The lowest BCUT2D eigenvalue weighted by Crippen LogP contribution is -2.55. The molecule has 6 nitrogen and oxygen atoms in total. The van der Waals surface area contributed by atoms with Gasteiger partial charge in [-0.3, -0.25) is 9.69 Å². The highest BCUT2D eigenvalue weighted by Gasteiger charge is 2.48. The van der Waals surface area contributed by atoms with E-state index in [-0.39, 0.29) is 36.7 Å². The van der Waals surface area contributed by atoms with Crippen molar-refractivity contribution in [3.8, 4) is 0 Å². The lowest BCUT2D eigenvalue weighted by Gasteiger charge is -2.50. The van der Waals surface area contributed by atoms with Gasteiger partial charge in [0, 0.05) is 41.6 Å². The number of esters is 1. The van der Waals surface area contributed by atoms with E-state index < -0.39 is 0 Å². The molecule has 1 saturated heterocycles. The second-order valence-electron chi connectivity index (χ2n) is 9.95. The zero-order valence-corrected chi connectivity index (χ0v) is 20.3. The average Bonchev–Trinajstić information content (AvgIpc) is 3.25. The van der Waals surface area contributed by atoms with E-state index in [2.05, 4.69) is 71.5 Å². The van der Waals surface area contributed by atoms with E-state index in [0.717, 1.165) is 18.4 Å². The second-order valence-corrected chi connectivity index (χ2v) is 9.95. The third-order valence-corrected chi connectivity index (χ3v) is 7.68. The van der Waals surface area contributed by atoms with E-state index in [0.29, 0.717) is 18.9 Å². The van der Waals surface area contributed by atoms with E-state index in [9.17, 15) is 9.90 Å². The first-order chi connectivity index (χ1) is 16.5. The summed E-state index contributed by atoms with van der Waals surface area (Å²) in [6, 6.07) is 17.2. The molecule has 0 bridgehead atoms. The molecule has 6 heteroatoms. The van der Waals surface area contributed by atoms with Crippen LogP contribution in [0.15, 0.2) is 48.5 Å². The Labute approximate surface area is 201 Å². The van der Waals surface area contributed by atoms with E-state index in [1.165, 1.54) is 34.9 Å². The number of carbonyl (C=O) groups is 1. The molecule has 1 aromatic heterocycles. The van der Waals surface area contributed by atoms with Crippen molar-refractivity contribution in [2.45, 2.75) is 63.2 Å². The number of carbonyl (C=O) groups excluding carboxylic acids is 1. The second kappa shape index (κ2) is 9.53. The van der Waals surface area contributed by atoms with Gasteiger partial charge in [-0.05, 0) is 41.5 Å². The number of hydrogen-bond acceptors (Lipinski definition) is 5. The molecule has 0 radical (unpaired) electrons. The first kappa shape index (κ1) is 23.1. The van der Waals surface area contributed by atoms with Gasteiger partial charge in [0.25, 0.3) is 0 Å². The van der Waals surface area contributed by atoms with E-state index >= 15 is 0 Å². The summed E-state index contributed by atoms with van der Waals surface area (Å²) in [7, 11) is 1.49. The molecule has 3 heterocycles. The summed E-state index contributed by atoms with van der Waals surface area (Å²) in [5, 5.41) is 14.2. The number of para-hydroxylation sites is 1. The topological polar surface area (TPSA) is 77.6 Å². The van der Waals surface area contributed by atoms with Crippen LogP contribution in [0.5, 0.6) is 0 Å². The van der Waals surface area contributed by atoms with Crippen LogP contribution in [0, 0.1) is 0 Å². The van der Waals surface area contributed by atoms with Gasteiger partial charge >= 0.3 is 5.97 Å². The van der Waals surface area contributed by atoms with Crippen molar-refractivity contribution in [1.29, 1.82) is 0 Å². The Morgan fingerprint density at radius 3 is 2.59 bits per heavy atom. The molecule has 3 aromatic rings. The summed E-state index contributed by atoms with van der Waals surface area (Å²) < 4.78 is 5.33. The standard InChI is InChI=1S/C28H35N3O3/c1-17(2)18-8-10-19(11-9-18)24-14-20(29-12-13-32)15-25-27-22(16-26(31(24)25)28(33)34-3)21-6-4-5-7-23(21)30-27/h4-11,17,20,24-26,29-30,32H,12-16H2,1-3H3/t20-,24-,25+,26-/m0/s1. The van der Waals surface area contributed by atoms with Crippen molar-refractivity contribution in [3.63, 3.8) is 0 Å². The van der Waals surface area contributed by atoms with Crippen LogP contribution in [-0.4, -0.2) is 53.3 Å². The molecule has 5 rings (SSSR count). The van der Waals surface area contributed by atoms with Gasteiger partial charge in [0.2, 0.25) is 0 Å². The maximum Gasteiger partial charge on any atom is 0.323 e. The molecule has 3 N–H and O–H groups in total. The molecule has 1 fully saturated rings. The molecule has 0 aliphatic carbocycles. The zero-order chi connectivity index (χ0) is 23.8. The maximum absolute atomic E-state index is 13.1. The van der Waals surface area contributed by atoms with Crippen molar-refractivity contribution in [2.24, 2.45) is 0 Å². The number of aliphatic hydroxyl groups is 1. The fraction of sp³-hybridized carbons (Fsp3) is 0.464. The van der Waals surface area contributed by atoms with Crippen LogP contribution in [0.3, 0.4) is 0 Å². The highest BCUT2D eigenvalue weighted by atomic mass is 16.5. The Balaban J connectivity index is 1.62. The monoisotopic (exact) mass is 461 g/mol. The number of methoxy groups -OCH3 is 1. The number of piperidine rings is 1. The van der Waals surface area contributed by atoms with Crippen LogP contribution in [0.25, 0.3) is 10.9 Å². The predicted molar refractivity (Wildman–Crippen MR) is 134 cm³/mol. The van der Waals surface area contributed by atoms with Gasteiger partial charge in [-0.25, -0.2) is 0 Å². The highest BCUT2D eigenvalue weighted by molar-refractivity contribution is 5.87. The van der Waals surface area contributed by atoms with Crippen molar-refractivity contribution in [1.82, 2.24) is 15.2 Å². The first-order valence-corrected chi connectivity index (χ1v) is 12.4. The number of aliphatic hydroxyl groups excluding tert-OH is 1. The number of fused-ring (bicyclic) bond motifs is 5. The molecule has 2 aliphatic heterocycles. The van der Waals surface area contributed by atoms with Gasteiger partial charge in [-0.15, -0.1) is 0 Å². The summed E-state index contributed by atoms with van der Waals surface area (Å²) in [6.45, 7) is 5.09. The molecule has 0 unspecified atom stereocenters. The molecule has 2 aliphatic rings. The van der Waals surface area contributed by atoms with Crippen molar-refractivity contribution < 1.29 is 14.6 Å². The third-order valence-electron chi connectivity index (χ3n) is 7.68. The molecule has 0 amide bonds. The van der Waals surface area contributed by atoms with Crippen LogP contribution in [0.2, 0.25) is 0 Å². The summed E-state index contributed by atoms with van der Waals surface area (Å²) >= 11 is 0. The maximum atomic E-state index is 13.1. The lowest BCUT2D eigenvalue weighted by atomic mass is 9.79. The molecule has 4 atom stereocenters. The number of nitrogens with one attached hydrogen (secondary N) is 2. The molecular formula is C28H35N3O3. The largest absolute Gasteiger partial charge is 0.468 e. The van der Waals surface area contributed by atoms with Gasteiger partial charge in [-0.2, -0.15) is 0 Å². The molecular weight excluding hydrogens is 426 g/mol. The van der Waals surface area contributed by atoms with Gasteiger partial charge in [0.05, 0.1) is 19.8 Å².